The Morgan fingerprint density at radius 3 is 2.46 bits per heavy atom. The molecule has 0 bridgehead atoms. The molecule has 2 aromatic carbocycles. The van der Waals surface area contributed by atoms with Gasteiger partial charge in [-0.3, -0.25) is 9.36 Å². The molecule has 0 spiro atoms. The number of aromatic nitrogens is 1. The van der Waals surface area contributed by atoms with E-state index in [0.29, 0.717) is 17.5 Å². The van der Waals surface area contributed by atoms with E-state index in [0.717, 1.165) is 10.9 Å². The Morgan fingerprint density at radius 1 is 1.15 bits per heavy atom. The Morgan fingerprint density at radius 2 is 1.81 bits per heavy atom. The summed E-state index contributed by atoms with van der Waals surface area (Å²) in [5.41, 5.74) is 1.30. The molecule has 3 unspecified atom stereocenters. The highest BCUT2D eigenvalue weighted by Gasteiger charge is 2.37. The van der Waals surface area contributed by atoms with Gasteiger partial charge in [0.1, 0.15) is 6.04 Å². The highest BCUT2D eigenvalue weighted by Crippen LogP contribution is 2.56. The fraction of sp³-hybridized carbons (Fsp3) is 0.211. The number of carboxylic acid groups (broad SMARTS) is 1. The molecule has 0 aliphatic rings. The van der Waals surface area contributed by atoms with E-state index in [9.17, 15) is 19.4 Å². The van der Waals surface area contributed by atoms with E-state index >= 15 is 0 Å². The van der Waals surface area contributed by atoms with E-state index in [2.05, 4.69) is 10.1 Å². The maximum atomic E-state index is 13.1. The molecule has 3 atom stereocenters. The zero-order chi connectivity index (χ0) is 18.7. The van der Waals surface area contributed by atoms with Gasteiger partial charge in [-0.1, -0.05) is 55.5 Å². The van der Waals surface area contributed by atoms with Crippen molar-refractivity contribution in [3.05, 3.63) is 71.9 Å². The van der Waals surface area contributed by atoms with Crippen LogP contribution in [0.15, 0.2) is 60.8 Å². The molecule has 0 radical (unpaired) electrons. The summed E-state index contributed by atoms with van der Waals surface area (Å²) in [7, 11) is -4.02. The second kappa shape index (κ2) is 7.46. The minimum Gasteiger partial charge on any atom is -0.480 e. The van der Waals surface area contributed by atoms with Crippen LogP contribution in [0, 0.1) is 0 Å². The summed E-state index contributed by atoms with van der Waals surface area (Å²) in [5.74, 6) is -1.20. The molecule has 0 saturated carbocycles. The zero-order valence-corrected chi connectivity index (χ0v) is 15.2. The number of carbonyl (C=O) groups is 1. The molecule has 26 heavy (non-hydrogen) atoms. The SMILES string of the molecule is CCC(c1c[nH]c2ccccc12)P(=O)(O)NC(C(=O)O)c1ccccc1. The third-order valence-corrected chi connectivity index (χ3v) is 6.60. The highest BCUT2D eigenvalue weighted by atomic mass is 31.2. The van der Waals surface area contributed by atoms with Crippen LogP contribution in [0.2, 0.25) is 0 Å². The Hall–Kier alpha value is -2.40. The molecule has 1 heterocycles. The van der Waals surface area contributed by atoms with Crippen molar-refractivity contribution in [1.29, 1.82) is 0 Å². The molecule has 3 rings (SSSR count). The van der Waals surface area contributed by atoms with Gasteiger partial charge in [0.05, 0.1) is 5.66 Å². The highest BCUT2D eigenvalue weighted by molar-refractivity contribution is 7.56. The van der Waals surface area contributed by atoms with Crippen LogP contribution in [0.5, 0.6) is 0 Å². The van der Waals surface area contributed by atoms with Gasteiger partial charge in [0, 0.05) is 17.1 Å². The predicted octanol–water partition coefficient (Wildman–Crippen LogP) is 4.22. The predicted molar refractivity (Wildman–Crippen MR) is 101 cm³/mol. The van der Waals surface area contributed by atoms with Crippen molar-refractivity contribution >= 4 is 24.4 Å². The topological polar surface area (TPSA) is 102 Å². The molecular formula is C19H21N2O4P. The fourth-order valence-corrected chi connectivity index (χ4v) is 5.11. The number of carboxylic acids is 1. The molecule has 0 amide bonds. The fourth-order valence-electron chi connectivity index (χ4n) is 3.22. The smallest absolute Gasteiger partial charge is 0.325 e. The van der Waals surface area contributed by atoms with E-state index < -0.39 is 25.2 Å². The number of H-pyrrole nitrogens is 1. The van der Waals surface area contributed by atoms with Gasteiger partial charge < -0.3 is 15.0 Å². The normalized spacial score (nSPS) is 16.1. The van der Waals surface area contributed by atoms with E-state index in [1.165, 1.54) is 0 Å². The Bertz CT molecular complexity index is 954. The molecule has 0 aliphatic carbocycles. The van der Waals surface area contributed by atoms with Crippen molar-refractivity contribution in [2.45, 2.75) is 25.0 Å². The quantitative estimate of drug-likeness (QED) is 0.465. The molecule has 7 heteroatoms. The molecule has 6 nitrogen and oxygen atoms in total. The third kappa shape index (κ3) is 3.58. The first-order valence-electron chi connectivity index (χ1n) is 8.38. The number of rotatable bonds is 7. The number of fused-ring (bicyclic) bond motifs is 1. The lowest BCUT2D eigenvalue weighted by Crippen LogP contribution is -2.28. The van der Waals surface area contributed by atoms with Crippen molar-refractivity contribution in [1.82, 2.24) is 10.1 Å². The van der Waals surface area contributed by atoms with E-state index in [-0.39, 0.29) is 0 Å². The number of aromatic amines is 1. The van der Waals surface area contributed by atoms with Gasteiger partial charge in [0.2, 0.25) is 0 Å². The van der Waals surface area contributed by atoms with Crippen molar-refractivity contribution in [3.63, 3.8) is 0 Å². The Kier molecular flexibility index (Phi) is 5.28. The van der Waals surface area contributed by atoms with Crippen LogP contribution in [0.3, 0.4) is 0 Å². The van der Waals surface area contributed by atoms with E-state index in [1.54, 1.807) is 36.5 Å². The monoisotopic (exact) mass is 372 g/mol. The van der Waals surface area contributed by atoms with Crippen molar-refractivity contribution in [2.24, 2.45) is 0 Å². The Balaban J connectivity index is 1.96. The van der Waals surface area contributed by atoms with Crippen LogP contribution in [0.1, 0.15) is 36.2 Å². The molecule has 0 aliphatic heterocycles. The summed E-state index contributed by atoms with van der Waals surface area (Å²) in [5, 5.41) is 12.9. The second-order valence-electron chi connectivity index (χ2n) is 6.15. The van der Waals surface area contributed by atoms with Gasteiger partial charge >= 0.3 is 5.97 Å². The average molecular weight is 372 g/mol. The lowest BCUT2D eigenvalue weighted by Gasteiger charge is -2.26. The largest absolute Gasteiger partial charge is 0.480 e. The molecule has 4 N–H and O–H groups in total. The molecule has 136 valence electrons. The third-order valence-electron chi connectivity index (χ3n) is 4.48. The van der Waals surface area contributed by atoms with Gasteiger partial charge in [-0.25, -0.2) is 5.09 Å². The lowest BCUT2D eigenvalue weighted by atomic mass is 10.1. The molecular weight excluding hydrogens is 351 g/mol. The van der Waals surface area contributed by atoms with Crippen LogP contribution in [-0.2, 0) is 9.36 Å². The van der Waals surface area contributed by atoms with E-state index in [1.807, 2.05) is 31.2 Å². The molecule has 0 saturated heterocycles. The number of hydrogen-bond acceptors (Lipinski definition) is 2. The zero-order valence-electron chi connectivity index (χ0n) is 14.3. The van der Waals surface area contributed by atoms with Crippen molar-refractivity contribution < 1.29 is 19.4 Å². The van der Waals surface area contributed by atoms with Gasteiger partial charge in [-0.15, -0.1) is 0 Å². The summed E-state index contributed by atoms with van der Waals surface area (Å²) in [6, 6.07) is 14.7. The molecule has 1 aromatic heterocycles. The maximum absolute atomic E-state index is 13.1. The van der Waals surface area contributed by atoms with Crippen LogP contribution in [-0.4, -0.2) is 21.0 Å². The lowest BCUT2D eigenvalue weighted by molar-refractivity contribution is -0.139. The first-order chi connectivity index (χ1) is 12.4. The molecule has 3 aromatic rings. The Labute approximate surface area is 151 Å². The number of para-hydroxylation sites is 1. The van der Waals surface area contributed by atoms with Gasteiger partial charge in [0.25, 0.3) is 7.52 Å². The van der Waals surface area contributed by atoms with E-state index in [4.69, 9.17) is 0 Å². The van der Waals surface area contributed by atoms with Crippen LogP contribution < -0.4 is 5.09 Å². The maximum Gasteiger partial charge on any atom is 0.325 e. The van der Waals surface area contributed by atoms with Crippen molar-refractivity contribution in [2.75, 3.05) is 0 Å². The summed E-state index contributed by atoms with van der Waals surface area (Å²) in [6.45, 7) is 1.81. The number of nitrogens with one attached hydrogen (secondary N) is 2. The summed E-state index contributed by atoms with van der Waals surface area (Å²) < 4.78 is 13.1. The first kappa shape index (κ1) is 18.4. The first-order valence-corrected chi connectivity index (χ1v) is 10.1. The van der Waals surface area contributed by atoms with Gasteiger partial charge in [-0.2, -0.15) is 0 Å². The summed E-state index contributed by atoms with van der Waals surface area (Å²) >= 11 is 0. The second-order valence-corrected chi connectivity index (χ2v) is 8.27. The van der Waals surface area contributed by atoms with Crippen LogP contribution in [0.25, 0.3) is 10.9 Å². The summed E-state index contributed by atoms with van der Waals surface area (Å²) in [6.07, 6.45) is 2.12. The number of aliphatic carboxylic acids is 1. The minimum atomic E-state index is -4.02. The number of benzene rings is 2. The number of hydrogen-bond donors (Lipinski definition) is 4. The standard InChI is InChI=1S/C19H21N2O4P/c1-2-17(15-12-20-16-11-7-6-10-14(15)16)26(24,25)21-18(19(22)23)13-8-4-3-5-9-13/h3-12,17-18,20H,2H2,1H3,(H,22,23)(H2,21,24,25). The average Bonchev–Trinajstić information content (AvgIpc) is 3.05. The van der Waals surface area contributed by atoms with Crippen LogP contribution >= 0.6 is 7.52 Å². The van der Waals surface area contributed by atoms with Gasteiger partial charge in [0.15, 0.2) is 0 Å². The van der Waals surface area contributed by atoms with Crippen LogP contribution in [0.4, 0.5) is 0 Å². The minimum absolute atomic E-state index is 0.393. The van der Waals surface area contributed by atoms with Crippen molar-refractivity contribution in [3.8, 4) is 0 Å². The summed E-state index contributed by atoms with van der Waals surface area (Å²) in [4.78, 5) is 25.5. The molecule has 0 fully saturated rings. The van der Waals surface area contributed by atoms with Gasteiger partial charge in [-0.05, 0) is 23.6 Å².